The van der Waals surface area contributed by atoms with Gasteiger partial charge >= 0.3 is 0 Å². The minimum absolute atomic E-state index is 0.0191. The minimum atomic E-state index is -0.0191. The quantitative estimate of drug-likeness (QED) is 0.804. The van der Waals surface area contributed by atoms with Crippen LogP contribution < -0.4 is 10.6 Å². The van der Waals surface area contributed by atoms with Gasteiger partial charge in [0.05, 0.1) is 12.1 Å². The average Bonchev–Trinajstić information content (AvgIpc) is 3.41. The Hall–Kier alpha value is -1.79. The molecule has 27 heavy (non-hydrogen) atoms. The van der Waals surface area contributed by atoms with E-state index in [1.54, 1.807) is 0 Å². The van der Waals surface area contributed by atoms with Gasteiger partial charge in [0.25, 0.3) is 0 Å². The summed E-state index contributed by atoms with van der Waals surface area (Å²) in [5.41, 5.74) is 1.15. The van der Waals surface area contributed by atoms with E-state index in [1.807, 2.05) is 35.9 Å². The zero-order chi connectivity index (χ0) is 18.7. The molecule has 4 rings (SSSR count). The van der Waals surface area contributed by atoms with Crippen LogP contribution in [0.4, 0.5) is 0 Å². The van der Waals surface area contributed by atoms with Gasteiger partial charge in [-0.1, -0.05) is 31.0 Å². The predicted molar refractivity (Wildman–Crippen MR) is 109 cm³/mol. The SMILES string of the molecule is Cn1cc([C@H]2CNC[C@@H]2C(=O)NCC2(Sc3ccccc3)CCCC2)cn1. The Morgan fingerprint density at radius 3 is 2.78 bits per heavy atom. The molecule has 144 valence electrons. The molecule has 0 unspecified atom stereocenters. The normalized spacial score (nSPS) is 24.2. The number of carbonyl (C=O) groups excluding carboxylic acids is 1. The van der Waals surface area contributed by atoms with Crippen LogP contribution in [0.1, 0.15) is 37.2 Å². The summed E-state index contributed by atoms with van der Waals surface area (Å²) in [5.74, 6) is 0.364. The van der Waals surface area contributed by atoms with E-state index in [-0.39, 0.29) is 22.5 Å². The molecule has 0 radical (unpaired) electrons. The first kappa shape index (κ1) is 18.6. The summed E-state index contributed by atoms with van der Waals surface area (Å²) >= 11 is 1.94. The highest BCUT2D eigenvalue weighted by molar-refractivity contribution is 8.00. The van der Waals surface area contributed by atoms with Crippen molar-refractivity contribution in [3.8, 4) is 0 Å². The Balaban J connectivity index is 1.41. The van der Waals surface area contributed by atoms with Gasteiger partial charge in [0.15, 0.2) is 0 Å². The van der Waals surface area contributed by atoms with Crippen LogP contribution in [0, 0.1) is 5.92 Å². The second-order valence-corrected chi connectivity index (χ2v) is 9.38. The number of nitrogens with zero attached hydrogens (tertiary/aromatic N) is 2. The first-order chi connectivity index (χ1) is 13.2. The molecular formula is C21H28N4OS. The lowest BCUT2D eigenvalue weighted by atomic mass is 9.90. The average molecular weight is 385 g/mol. The smallest absolute Gasteiger partial charge is 0.225 e. The van der Waals surface area contributed by atoms with Crippen LogP contribution in [0.2, 0.25) is 0 Å². The number of benzene rings is 1. The molecule has 2 atom stereocenters. The van der Waals surface area contributed by atoms with E-state index < -0.39 is 0 Å². The highest BCUT2D eigenvalue weighted by atomic mass is 32.2. The Bertz CT molecular complexity index is 769. The van der Waals surface area contributed by atoms with Crippen LogP contribution in [0.3, 0.4) is 0 Å². The molecule has 1 aliphatic heterocycles. The first-order valence-corrected chi connectivity index (χ1v) is 10.7. The second kappa shape index (κ2) is 8.07. The van der Waals surface area contributed by atoms with Gasteiger partial charge < -0.3 is 10.6 Å². The number of hydrogen-bond donors (Lipinski definition) is 2. The number of aryl methyl sites for hydroxylation is 1. The molecule has 1 aliphatic carbocycles. The molecule has 2 fully saturated rings. The van der Waals surface area contributed by atoms with E-state index in [0.29, 0.717) is 0 Å². The van der Waals surface area contributed by atoms with Gasteiger partial charge in [-0.05, 0) is 30.5 Å². The molecule has 1 saturated heterocycles. The molecule has 0 spiro atoms. The fourth-order valence-electron chi connectivity index (χ4n) is 4.39. The van der Waals surface area contributed by atoms with Crippen molar-refractivity contribution in [2.75, 3.05) is 19.6 Å². The van der Waals surface area contributed by atoms with Crippen LogP contribution in [0.5, 0.6) is 0 Å². The second-order valence-electron chi connectivity index (χ2n) is 7.84. The van der Waals surface area contributed by atoms with Crippen LogP contribution >= 0.6 is 11.8 Å². The topological polar surface area (TPSA) is 59.0 Å². The van der Waals surface area contributed by atoms with E-state index in [9.17, 15) is 4.79 Å². The van der Waals surface area contributed by atoms with E-state index >= 15 is 0 Å². The van der Waals surface area contributed by atoms with Crippen molar-refractivity contribution in [1.82, 2.24) is 20.4 Å². The van der Waals surface area contributed by atoms with Gasteiger partial charge in [0.1, 0.15) is 0 Å². The summed E-state index contributed by atoms with van der Waals surface area (Å²) in [6.45, 7) is 2.33. The Morgan fingerprint density at radius 2 is 2.07 bits per heavy atom. The molecule has 1 aromatic carbocycles. The molecule has 0 bridgehead atoms. The summed E-state index contributed by atoms with van der Waals surface area (Å²) in [5, 5.41) is 11.0. The number of aromatic nitrogens is 2. The third kappa shape index (κ3) is 4.22. The molecule has 1 aromatic heterocycles. The van der Waals surface area contributed by atoms with E-state index in [2.05, 4.69) is 46.1 Å². The van der Waals surface area contributed by atoms with Gasteiger partial charge in [0.2, 0.25) is 5.91 Å². The maximum atomic E-state index is 13.0. The lowest BCUT2D eigenvalue weighted by molar-refractivity contribution is -0.124. The number of rotatable bonds is 6. The molecule has 5 nitrogen and oxygen atoms in total. The molecule has 1 amide bonds. The Kier molecular flexibility index (Phi) is 5.55. The minimum Gasteiger partial charge on any atom is -0.354 e. The molecular weight excluding hydrogens is 356 g/mol. The van der Waals surface area contributed by atoms with Crippen molar-refractivity contribution < 1.29 is 4.79 Å². The highest BCUT2D eigenvalue weighted by Gasteiger charge is 2.38. The molecule has 2 N–H and O–H groups in total. The predicted octanol–water partition coefficient (Wildman–Crippen LogP) is 2.94. The van der Waals surface area contributed by atoms with Crippen molar-refractivity contribution >= 4 is 17.7 Å². The zero-order valence-electron chi connectivity index (χ0n) is 15.9. The zero-order valence-corrected chi connectivity index (χ0v) is 16.7. The van der Waals surface area contributed by atoms with Gasteiger partial charge in [-0.15, -0.1) is 11.8 Å². The fraction of sp³-hybridized carbons (Fsp3) is 0.524. The number of nitrogens with one attached hydrogen (secondary N) is 2. The Labute approximate surface area is 165 Å². The highest BCUT2D eigenvalue weighted by Crippen LogP contribution is 2.45. The number of amides is 1. The lowest BCUT2D eigenvalue weighted by Crippen LogP contribution is -2.42. The van der Waals surface area contributed by atoms with E-state index in [1.165, 1.54) is 30.6 Å². The van der Waals surface area contributed by atoms with E-state index in [0.717, 1.165) is 25.2 Å². The number of hydrogen-bond acceptors (Lipinski definition) is 4. The van der Waals surface area contributed by atoms with Crippen LogP contribution in [-0.4, -0.2) is 40.1 Å². The summed E-state index contributed by atoms with van der Waals surface area (Å²) in [4.78, 5) is 14.3. The van der Waals surface area contributed by atoms with Gasteiger partial charge in [-0.25, -0.2) is 0 Å². The monoisotopic (exact) mass is 384 g/mol. The molecule has 2 aromatic rings. The maximum absolute atomic E-state index is 13.0. The number of thioether (sulfide) groups is 1. The summed E-state index contributed by atoms with van der Waals surface area (Å²) in [7, 11) is 1.92. The van der Waals surface area contributed by atoms with Crippen molar-refractivity contribution in [3.05, 3.63) is 48.3 Å². The molecule has 6 heteroatoms. The lowest BCUT2D eigenvalue weighted by Gasteiger charge is -2.30. The molecule has 2 aliphatic rings. The van der Waals surface area contributed by atoms with Gasteiger partial charge in [-0.2, -0.15) is 5.10 Å². The standard InChI is InChI=1S/C21H28N4OS/c1-25-14-16(11-24-25)18-12-22-13-19(18)20(26)23-15-21(9-5-6-10-21)27-17-7-3-2-4-8-17/h2-4,7-8,11,14,18-19,22H,5-6,9-10,12-13,15H2,1H3,(H,23,26)/t18-,19+/m1/s1. The third-order valence-electron chi connectivity index (χ3n) is 5.88. The van der Waals surface area contributed by atoms with Crippen molar-refractivity contribution in [1.29, 1.82) is 0 Å². The van der Waals surface area contributed by atoms with Crippen molar-refractivity contribution in [3.63, 3.8) is 0 Å². The molecule has 1 saturated carbocycles. The summed E-state index contributed by atoms with van der Waals surface area (Å²) < 4.78 is 1.94. The molecule has 2 heterocycles. The van der Waals surface area contributed by atoms with Crippen molar-refractivity contribution in [2.24, 2.45) is 13.0 Å². The maximum Gasteiger partial charge on any atom is 0.225 e. The fourth-order valence-corrected chi connectivity index (χ4v) is 5.82. The van der Waals surface area contributed by atoms with E-state index in [4.69, 9.17) is 0 Å². The first-order valence-electron chi connectivity index (χ1n) is 9.86. The summed E-state index contributed by atoms with van der Waals surface area (Å²) in [6.07, 6.45) is 8.75. The number of carbonyl (C=O) groups is 1. The van der Waals surface area contributed by atoms with Gasteiger partial charge in [-0.3, -0.25) is 9.48 Å². The van der Waals surface area contributed by atoms with Crippen molar-refractivity contribution in [2.45, 2.75) is 41.2 Å². The van der Waals surface area contributed by atoms with Crippen LogP contribution in [-0.2, 0) is 11.8 Å². The van der Waals surface area contributed by atoms with Crippen LogP contribution in [0.15, 0.2) is 47.6 Å². The summed E-state index contributed by atoms with van der Waals surface area (Å²) in [6, 6.07) is 10.6. The third-order valence-corrected chi connectivity index (χ3v) is 7.37. The Morgan fingerprint density at radius 1 is 1.30 bits per heavy atom. The largest absolute Gasteiger partial charge is 0.354 e. The van der Waals surface area contributed by atoms with Crippen LogP contribution in [0.25, 0.3) is 0 Å². The van der Waals surface area contributed by atoms with Gasteiger partial charge in [0, 0.05) is 48.4 Å².